The second-order valence-corrected chi connectivity index (χ2v) is 7.92. The van der Waals surface area contributed by atoms with Crippen LogP contribution in [0, 0.1) is 6.92 Å². The lowest BCUT2D eigenvalue weighted by Gasteiger charge is -2.11. The minimum Gasteiger partial charge on any atom is -0.490 e. The third-order valence-electron chi connectivity index (χ3n) is 4.32. The minimum absolute atomic E-state index is 0.0384. The van der Waals surface area contributed by atoms with Gasteiger partial charge in [0.05, 0.1) is 12.0 Å². The topological polar surface area (TPSA) is 99.9 Å². The number of nitrogens with zero attached hydrogens (tertiary/aromatic N) is 1. The Morgan fingerprint density at radius 2 is 1.94 bits per heavy atom. The molecule has 8 nitrogen and oxygen atoms in total. The highest BCUT2D eigenvalue weighted by atomic mass is 32.1. The van der Waals surface area contributed by atoms with Crippen molar-refractivity contribution in [3.63, 3.8) is 0 Å². The quantitative estimate of drug-likeness (QED) is 0.411. The number of carbonyl (C=O) groups excluding carboxylic acids is 1. The van der Waals surface area contributed by atoms with Crippen molar-refractivity contribution in [1.29, 1.82) is 0 Å². The molecule has 0 aliphatic rings. The Kier molecular flexibility index (Phi) is 6.37. The molecular formula is C23H20N2O6S. The van der Waals surface area contributed by atoms with Crippen LogP contribution >= 0.6 is 11.3 Å². The van der Waals surface area contributed by atoms with Gasteiger partial charge < -0.3 is 18.6 Å². The number of para-hydroxylation sites is 2. The number of hydrogen-bond acceptors (Lipinski definition) is 8. The molecule has 9 heteroatoms. The van der Waals surface area contributed by atoms with E-state index in [2.05, 4.69) is 10.3 Å². The summed E-state index contributed by atoms with van der Waals surface area (Å²) in [4.78, 5) is 30.0. The summed E-state index contributed by atoms with van der Waals surface area (Å²) in [6, 6.07) is 11.8. The first kappa shape index (κ1) is 21.4. The van der Waals surface area contributed by atoms with E-state index < -0.39 is 0 Å². The average Bonchev–Trinajstić information content (AvgIpc) is 3.20. The maximum absolute atomic E-state index is 12.8. The number of amides is 1. The van der Waals surface area contributed by atoms with Gasteiger partial charge in [-0.3, -0.25) is 14.9 Å². The molecule has 0 spiro atoms. The third kappa shape index (κ3) is 4.89. The van der Waals surface area contributed by atoms with Crippen molar-refractivity contribution in [3.05, 3.63) is 70.0 Å². The van der Waals surface area contributed by atoms with Crippen LogP contribution in [-0.4, -0.2) is 24.1 Å². The number of ether oxygens (including phenoxy) is 3. The van der Waals surface area contributed by atoms with Crippen LogP contribution in [0.5, 0.6) is 23.0 Å². The van der Waals surface area contributed by atoms with Gasteiger partial charge in [0, 0.05) is 17.1 Å². The van der Waals surface area contributed by atoms with Crippen LogP contribution in [0.3, 0.4) is 0 Å². The normalized spacial score (nSPS) is 10.7. The molecule has 1 amide bonds. The average molecular weight is 452 g/mol. The van der Waals surface area contributed by atoms with E-state index in [0.717, 1.165) is 4.88 Å². The summed E-state index contributed by atoms with van der Waals surface area (Å²) in [6.45, 7) is 4.03. The van der Waals surface area contributed by atoms with Gasteiger partial charge >= 0.3 is 0 Å². The molecule has 2 heterocycles. The second-order valence-electron chi connectivity index (χ2n) is 6.68. The molecule has 1 N–H and O–H groups in total. The first-order valence-electron chi connectivity index (χ1n) is 9.84. The highest BCUT2D eigenvalue weighted by molar-refractivity contribution is 7.15. The standard InChI is InChI=1S/C23H20N2O6S/c1-3-28-17-6-4-5-7-18(17)31-20-12-30-19-10-15(8-9-16(19)22(20)27)29-13-21(26)25-23-24-11-14(2)32-23/h4-12H,3,13H2,1-2H3,(H,24,25,26). The van der Waals surface area contributed by atoms with Crippen LogP contribution in [0.15, 0.2) is 64.1 Å². The molecule has 0 atom stereocenters. The summed E-state index contributed by atoms with van der Waals surface area (Å²) in [5.74, 6) is 1.04. The van der Waals surface area contributed by atoms with E-state index >= 15 is 0 Å². The van der Waals surface area contributed by atoms with Crippen molar-refractivity contribution in [3.8, 4) is 23.0 Å². The van der Waals surface area contributed by atoms with Gasteiger partial charge in [-0.2, -0.15) is 0 Å². The number of hydrogen-bond donors (Lipinski definition) is 1. The van der Waals surface area contributed by atoms with Crippen molar-refractivity contribution in [1.82, 2.24) is 4.98 Å². The number of anilines is 1. The number of benzene rings is 2. The predicted octanol–water partition coefficient (Wildman–Crippen LogP) is 4.77. The van der Waals surface area contributed by atoms with Crippen LogP contribution in [-0.2, 0) is 4.79 Å². The number of thiazole rings is 1. The number of aromatic nitrogens is 1. The van der Waals surface area contributed by atoms with Gasteiger partial charge in [-0.1, -0.05) is 12.1 Å². The van der Waals surface area contributed by atoms with Crippen molar-refractivity contribution in [2.24, 2.45) is 0 Å². The van der Waals surface area contributed by atoms with Crippen LogP contribution < -0.4 is 25.0 Å². The first-order valence-corrected chi connectivity index (χ1v) is 10.7. The van der Waals surface area contributed by atoms with Crippen LogP contribution in [0.25, 0.3) is 11.0 Å². The SMILES string of the molecule is CCOc1ccccc1Oc1coc2cc(OCC(=O)Nc3ncc(C)s3)ccc2c1=O. The Morgan fingerprint density at radius 3 is 2.69 bits per heavy atom. The van der Waals surface area contributed by atoms with E-state index in [1.165, 1.54) is 17.6 Å². The van der Waals surface area contributed by atoms with E-state index in [1.54, 1.807) is 42.6 Å². The lowest BCUT2D eigenvalue weighted by Crippen LogP contribution is -2.20. The van der Waals surface area contributed by atoms with Gasteiger partial charge in [0.1, 0.15) is 17.6 Å². The zero-order chi connectivity index (χ0) is 22.5. The molecular weight excluding hydrogens is 432 g/mol. The van der Waals surface area contributed by atoms with E-state index in [-0.39, 0.29) is 23.7 Å². The molecule has 0 unspecified atom stereocenters. The Labute approximate surface area is 187 Å². The summed E-state index contributed by atoms with van der Waals surface area (Å²) in [6.07, 6.45) is 2.93. The molecule has 0 bridgehead atoms. The number of nitrogens with one attached hydrogen (secondary N) is 1. The monoisotopic (exact) mass is 452 g/mol. The van der Waals surface area contributed by atoms with E-state index in [4.69, 9.17) is 18.6 Å². The van der Waals surface area contributed by atoms with Gasteiger partial charge in [-0.15, -0.1) is 11.3 Å². The molecule has 2 aromatic heterocycles. The van der Waals surface area contributed by atoms with Crippen molar-refractivity contribution in [2.75, 3.05) is 18.5 Å². The molecule has 0 radical (unpaired) electrons. The number of fused-ring (bicyclic) bond motifs is 1. The lowest BCUT2D eigenvalue weighted by molar-refractivity contribution is -0.118. The Balaban J connectivity index is 1.47. The van der Waals surface area contributed by atoms with Gasteiger partial charge in [0.15, 0.2) is 23.2 Å². The highest BCUT2D eigenvalue weighted by Gasteiger charge is 2.13. The van der Waals surface area contributed by atoms with E-state index in [1.807, 2.05) is 19.9 Å². The summed E-state index contributed by atoms with van der Waals surface area (Å²) < 4.78 is 22.4. The number of carbonyl (C=O) groups is 1. The summed E-state index contributed by atoms with van der Waals surface area (Å²) in [7, 11) is 0. The molecule has 2 aromatic carbocycles. The second kappa shape index (κ2) is 9.52. The minimum atomic E-state index is -0.336. The first-order chi connectivity index (χ1) is 15.5. The predicted molar refractivity (Wildman–Crippen MR) is 121 cm³/mol. The van der Waals surface area contributed by atoms with E-state index in [0.29, 0.717) is 40.0 Å². The number of aryl methyl sites for hydroxylation is 1. The molecule has 4 rings (SSSR count). The molecule has 0 saturated heterocycles. The molecule has 32 heavy (non-hydrogen) atoms. The fourth-order valence-electron chi connectivity index (χ4n) is 2.90. The van der Waals surface area contributed by atoms with Crippen molar-refractivity contribution < 1.29 is 23.4 Å². The Bertz CT molecular complexity index is 1310. The maximum Gasteiger partial charge on any atom is 0.264 e. The molecule has 4 aromatic rings. The van der Waals surface area contributed by atoms with Gasteiger partial charge in [0.25, 0.3) is 5.91 Å². The van der Waals surface area contributed by atoms with Crippen LogP contribution in [0.1, 0.15) is 11.8 Å². The van der Waals surface area contributed by atoms with Gasteiger partial charge in [0.2, 0.25) is 11.2 Å². The van der Waals surface area contributed by atoms with Gasteiger partial charge in [-0.05, 0) is 38.1 Å². The van der Waals surface area contributed by atoms with E-state index in [9.17, 15) is 9.59 Å². The Hall–Kier alpha value is -3.85. The molecule has 164 valence electrons. The summed E-state index contributed by atoms with van der Waals surface area (Å²) in [5, 5.41) is 3.51. The highest BCUT2D eigenvalue weighted by Crippen LogP contribution is 2.31. The summed E-state index contributed by atoms with van der Waals surface area (Å²) in [5.41, 5.74) is -0.0186. The maximum atomic E-state index is 12.8. The van der Waals surface area contributed by atoms with Crippen LogP contribution in [0.2, 0.25) is 0 Å². The zero-order valence-electron chi connectivity index (χ0n) is 17.4. The molecule has 0 aliphatic heterocycles. The molecule has 0 saturated carbocycles. The fraction of sp³-hybridized carbons (Fsp3) is 0.174. The largest absolute Gasteiger partial charge is 0.490 e. The van der Waals surface area contributed by atoms with Gasteiger partial charge in [-0.25, -0.2) is 4.98 Å². The third-order valence-corrected chi connectivity index (χ3v) is 5.15. The van der Waals surface area contributed by atoms with Crippen LogP contribution in [0.4, 0.5) is 5.13 Å². The smallest absolute Gasteiger partial charge is 0.264 e. The Morgan fingerprint density at radius 1 is 1.12 bits per heavy atom. The van der Waals surface area contributed by atoms with Crippen molar-refractivity contribution >= 4 is 33.3 Å². The lowest BCUT2D eigenvalue weighted by atomic mass is 10.2. The summed E-state index contributed by atoms with van der Waals surface area (Å²) >= 11 is 1.38. The fourth-order valence-corrected chi connectivity index (χ4v) is 3.58. The molecule has 0 fully saturated rings. The number of rotatable bonds is 8. The zero-order valence-corrected chi connectivity index (χ0v) is 18.2. The molecule has 0 aliphatic carbocycles. The van der Waals surface area contributed by atoms with Crippen molar-refractivity contribution in [2.45, 2.75) is 13.8 Å².